The van der Waals surface area contributed by atoms with Crippen LogP contribution in [0.1, 0.15) is 89.6 Å². The summed E-state index contributed by atoms with van der Waals surface area (Å²) in [6.45, 7) is 3.04. The number of halogens is 1. The number of nitrogens with zero attached hydrogens (tertiary/aromatic N) is 1. The molecule has 1 aromatic carbocycles. The average molecular weight is 498 g/mol. The van der Waals surface area contributed by atoms with Crippen LogP contribution in [0, 0.1) is 12.7 Å². The highest BCUT2D eigenvalue weighted by molar-refractivity contribution is 5.99. The Bertz CT molecular complexity index is 1130. The van der Waals surface area contributed by atoms with Crippen molar-refractivity contribution < 1.29 is 18.7 Å². The molecule has 2 aromatic rings. The van der Waals surface area contributed by atoms with Crippen molar-refractivity contribution in [1.82, 2.24) is 15.2 Å². The highest BCUT2D eigenvalue weighted by atomic mass is 19.1. The molecule has 36 heavy (non-hydrogen) atoms. The maximum Gasteiger partial charge on any atom is 0.257 e. The minimum atomic E-state index is -0.601. The topological polar surface area (TPSA) is 89.4 Å². The molecule has 0 spiro atoms. The van der Waals surface area contributed by atoms with E-state index in [1.165, 1.54) is 30.9 Å². The number of carbonyl (C=O) groups excluding carboxylic acids is 2. The molecule has 1 aromatic heterocycles. The molecule has 2 fully saturated rings. The zero-order valence-corrected chi connectivity index (χ0v) is 21.0. The highest BCUT2D eigenvalue weighted by Gasteiger charge is 2.24. The lowest BCUT2D eigenvalue weighted by atomic mass is 9.96. The number of nitrogens with one attached hydrogen (secondary N) is 2. The fourth-order valence-electron chi connectivity index (χ4n) is 5.05. The van der Waals surface area contributed by atoms with Gasteiger partial charge in [-0.3, -0.25) is 14.4 Å². The zero-order valence-electron chi connectivity index (χ0n) is 21.0. The summed E-state index contributed by atoms with van der Waals surface area (Å²) in [6.07, 6.45) is 12.3. The molecule has 7 nitrogen and oxygen atoms in total. The molecular weight excluding hydrogens is 461 g/mol. The third-order valence-corrected chi connectivity index (χ3v) is 7.20. The summed E-state index contributed by atoms with van der Waals surface area (Å²) in [5.74, 6) is -1.43. The second kappa shape index (κ2) is 12.3. The summed E-state index contributed by atoms with van der Waals surface area (Å²) in [5.41, 5.74) is 0.716. The van der Waals surface area contributed by atoms with Crippen LogP contribution >= 0.6 is 0 Å². The smallest absolute Gasteiger partial charge is 0.257 e. The molecule has 1 aliphatic heterocycles. The van der Waals surface area contributed by atoms with E-state index in [1.807, 2.05) is 6.92 Å². The van der Waals surface area contributed by atoms with Gasteiger partial charge in [0.05, 0.1) is 6.10 Å². The summed E-state index contributed by atoms with van der Waals surface area (Å²) >= 11 is 0. The Labute approximate surface area is 211 Å². The lowest BCUT2D eigenvalue weighted by molar-refractivity contribution is 0.0914. The number of aryl methyl sites for hydroxylation is 1. The van der Waals surface area contributed by atoms with Crippen molar-refractivity contribution >= 4 is 11.8 Å². The minimum Gasteiger partial charge on any atom is -0.376 e. The fourth-order valence-corrected chi connectivity index (χ4v) is 5.05. The zero-order chi connectivity index (χ0) is 25.5. The van der Waals surface area contributed by atoms with Gasteiger partial charge in [0.1, 0.15) is 16.9 Å². The maximum atomic E-state index is 13.7. The van der Waals surface area contributed by atoms with Crippen molar-refractivity contribution in [2.45, 2.75) is 89.9 Å². The normalized spacial score (nSPS) is 18.9. The Morgan fingerprint density at radius 1 is 1.00 bits per heavy atom. The van der Waals surface area contributed by atoms with E-state index in [2.05, 4.69) is 10.6 Å². The molecule has 1 unspecified atom stereocenters. The quantitative estimate of drug-likeness (QED) is 0.599. The lowest BCUT2D eigenvalue weighted by Gasteiger charge is -2.21. The van der Waals surface area contributed by atoms with Crippen molar-refractivity contribution in [3.63, 3.8) is 0 Å². The molecule has 1 saturated carbocycles. The van der Waals surface area contributed by atoms with Gasteiger partial charge in [-0.05, 0) is 55.9 Å². The van der Waals surface area contributed by atoms with E-state index in [0.29, 0.717) is 18.7 Å². The number of amides is 2. The molecule has 4 rings (SSSR count). The Hall–Kier alpha value is -3.00. The first kappa shape index (κ1) is 26.1. The van der Waals surface area contributed by atoms with E-state index in [9.17, 15) is 18.8 Å². The van der Waals surface area contributed by atoms with Gasteiger partial charge in [-0.1, -0.05) is 38.2 Å². The average Bonchev–Trinajstić information content (AvgIpc) is 3.35. The van der Waals surface area contributed by atoms with Gasteiger partial charge in [0.2, 0.25) is 5.43 Å². The van der Waals surface area contributed by atoms with Crippen LogP contribution in [0.15, 0.2) is 35.4 Å². The third kappa shape index (κ3) is 6.81. The monoisotopic (exact) mass is 497 g/mol. The van der Waals surface area contributed by atoms with Crippen molar-refractivity contribution in [2.24, 2.45) is 0 Å². The molecule has 1 atom stereocenters. The van der Waals surface area contributed by atoms with E-state index in [-0.39, 0.29) is 29.8 Å². The first-order chi connectivity index (χ1) is 17.4. The molecule has 2 aliphatic rings. The van der Waals surface area contributed by atoms with Gasteiger partial charge < -0.3 is 19.9 Å². The van der Waals surface area contributed by atoms with Crippen molar-refractivity contribution in [3.05, 3.63) is 68.9 Å². The predicted molar refractivity (Wildman–Crippen MR) is 136 cm³/mol. The molecule has 2 N–H and O–H groups in total. The standard InChI is InChI=1S/C28H36FN3O4/c1-19-11-12-21(29)14-20(19)15-30-27(34)24-17-32(16-23-10-7-13-36-23)18-25(26(24)33)28(35)31-22-8-5-3-2-4-6-9-22/h11-12,14,17-18,22-23H,2-10,13,15-16H2,1H3,(H,30,34)(H,31,35). The molecule has 0 radical (unpaired) electrons. The van der Waals surface area contributed by atoms with Gasteiger partial charge in [0, 0.05) is 38.1 Å². The van der Waals surface area contributed by atoms with Crippen molar-refractivity contribution in [3.8, 4) is 0 Å². The Balaban J connectivity index is 1.56. The Morgan fingerprint density at radius 3 is 2.39 bits per heavy atom. The van der Waals surface area contributed by atoms with Gasteiger partial charge in [0.25, 0.3) is 11.8 Å². The van der Waals surface area contributed by atoms with Crippen LogP contribution < -0.4 is 16.1 Å². The first-order valence-corrected chi connectivity index (χ1v) is 13.1. The maximum absolute atomic E-state index is 13.7. The van der Waals surface area contributed by atoms with E-state index in [1.54, 1.807) is 10.6 Å². The van der Waals surface area contributed by atoms with E-state index < -0.39 is 23.1 Å². The number of hydrogen-bond donors (Lipinski definition) is 2. The van der Waals surface area contributed by atoms with Gasteiger partial charge >= 0.3 is 0 Å². The van der Waals surface area contributed by atoms with Crippen LogP contribution in [-0.4, -0.2) is 35.1 Å². The van der Waals surface area contributed by atoms with Crippen molar-refractivity contribution in [1.29, 1.82) is 0 Å². The molecule has 0 bridgehead atoms. The van der Waals surface area contributed by atoms with E-state index >= 15 is 0 Å². The number of carbonyl (C=O) groups is 2. The highest BCUT2D eigenvalue weighted by Crippen LogP contribution is 2.18. The summed E-state index contributed by atoms with van der Waals surface area (Å²) in [4.78, 5) is 39.6. The summed E-state index contributed by atoms with van der Waals surface area (Å²) < 4.78 is 21.1. The van der Waals surface area contributed by atoms with Crippen molar-refractivity contribution in [2.75, 3.05) is 6.61 Å². The van der Waals surface area contributed by atoms with Crippen LogP contribution in [0.2, 0.25) is 0 Å². The number of aromatic nitrogens is 1. The van der Waals surface area contributed by atoms with Crippen LogP contribution in [0.25, 0.3) is 0 Å². The van der Waals surface area contributed by atoms with E-state index in [4.69, 9.17) is 4.74 Å². The molecule has 8 heteroatoms. The van der Waals surface area contributed by atoms with Crippen LogP contribution in [0.3, 0.4) is 0 Å². The van der Waals surface area contributed by atoms with Crippen LogP contribution in [0.4, 0.5) is 4.39 Å². The van der Waals surface area contributed by atoms with E-state index in [0.717, 1.165) is 56.9 Å². The SMILES string of the molecule is Cc1ccc(F)cc1CNC(=O)c1cn(CC2CCCO2)cc(C(=O)NC2CCCCCCC2)c1=O. The summed E-state index contributed by atoms with van der Waals surface area (Å²) in [6, 6.07) is 4.40. The number of benzene rings is 1. The molecule has 2 amide bonds. The number of rotatable bonds is 7. The molecule has 2 heterocycles. The third-order valence-electron chi connectivity index (χ3n) is 7.20. The second-order valence-electron chi connectivity index (χ2n) is 10.0. The molecule has 194 valence electrons. The van der Waals surface area contributed by atoms with Gasteiger partial charge in [-0.15, -0.1) is 0 Å². The number of hydrogen-bond acceptors (Lipinski definition) is 4. The molecule has 1 aliphatic carbocycles. The molecule has 1 saturated heterocycles. The lowest BCUT2D eigenvalue weighted by Crippen LogP contribution is -2.40. The summed E-state index contributed by atoms with van der Waals surface area (Å²) in [5, 5.41) is 5.77. The Kier molecular flexibility index (Phi) is 8.91. The second-order valence-corrected chi connectivity index (χ2v) is 10.0. The Morgan fingerprint density at radius 2 is 1.69 bits per heavy atom. The van der Waals surface area contributed by atoms with Gasteiger partial charge in [-0.2, -0.15) is 0 Å². The minimum absolute atomic E-state index is 0.0252. The van der Waals surface area contributed by atoms with Crippen LogP contribution in [0.5, 0.6) is 0 Å². The summed E-state index contributed by atoms with van der Waals surface area (Å²) in [7, 11) is 0. The van der Waals surface area contributed by atoms with Gasteiger partial charge in [0.15, 0.2) is 0 Å². The number of ether oxygens (including phenoxy) is 1. The first-order valence-electron chi connectivity index (χ1n) is 13.1. The number of pyridine rings is 1. The van der Waals surface area contributed by atoms with Crippen LogP contribution in [-0.2, 0) is 17.8 Å². The van der Waals surface area contributed by atoms with Gasteiger partial charge in [-0.25, -0.2) is 4.39 Å². The molecular formula is C28H36FN3O4. The largest absolute Gasteiger partial charge is 0.376 e. The predicted octanol–water partition coefficient (Wildman–Crippen LogP) is 4.25. The fraction of sp³-hybridized carbons (Fsp3) is 0.536.